The van der Waals surface area contributed by atoms with Crippen LogP contribution in [0, 0.1) is 0 Å². The van der Waals surface area contributed by atoms with Gasteiger partial charge in [0, 0.05) is 12.0 Å². The summed E-state index contributed by atoms with van der Waals surface area (Å²) in [5.41, 5.74) is 2.73. The number of carbonyl (C=O) groups excluding carboxylic acids is 2. The van der Waals surface area contributed by atoms with Crippen LogP contribution in [0.5, 0.6) is 17.2 Å². The predicted octanol–water partition coefficient (Wildman–Crippen LogP) is 7.21. The highest BCUT2D eigenvalue weighted by Gasteiger charge is 2.48. The standard InChI is InChI=1S/C34H34N2O6S/c1-4-6-7-15-41-24-10-8-9-21(18-24)30-29(31(37)22-11-14-27-23(17-22)16-20(3)42-27)32(38)33(39)36(30)34-35-26-13-12-25(40-5-2)19-28(26)43-34/h8-14,17-20,30,37H,4-7,15-16H2,1-3H3/t20-,30+/m0/s1. The van der Waals surface area contributed by atoms with Gasteiger partial charge < -0.3 is 19.3 Å². The van der Waals surface area contributed by atoms with Gasteiger partial charge in [-0.1, -0.05) is 43.2 Å². The molecule has 0 aliphatic carbocycles. The molecule has 2 aliphatic rings. The Morgan fingerprint density at radius 3 is 2.70 bits per heavy atom. The number of anilines is 1. The number of hydrogen-bond acceptors (Lipinski definition) is 8. The zero-order valence-corrected chi connectivity index (χ0v) is 25.3. The first-order chi connectivity index (χ1) is 20.9. The summed E-state index contributed by atoms with van der Waals surface area (Å²) in [5, 5.41) is 12.0. The molecule has 0 bridgehead atoms. The lowest BCUT2D eigenvalue weighted by Gasteiger charge is -2.23. The second kappa shape index (κ2) is 12.1. The second-order valence-corrected chi connectivity index (χ2v) is 11.8. The van der Waals surface area contributed by atoms with E-state index in [9.17, 15) is 14.7 Å². The predicted molar refractivity (Wildman–Crippen MR) is 167 cm³/mol. The normalized spacial score (nSPS) is 19.1. The number of thiazole rings is 1. The Hall–Kier alpha value is -4.37. The van der Waals surface area contributed by atoms with Crippen molar-refractivity contribution in [2.45, 2.75) is 58.6 Å². The van der Waals surface area contributed by atoms with Crippen LogP contribution in [0.4, 0.5) is 5.13 Å². The summed E-state index contributed by atoms with van der Waals surface area (Å²) in [6.07, 6.45) is 3.80. The molecule has 2 atom stereocenters. The first-order valence-electron chi connectivity index (χ1n) is 14.7. The van der Waals surface area contributed by atoms with E-state index in [0.717, 1.165) is 35.3 Å². The monoisotopic (exact) mass is 598 g/mol. The van der Waals surface area contributed by atoms with Gasteiger partial charge in [0.2, 0.25) is 0 Å². The van der Waals surface area contributed by atoms with E-state index >= 15 is 0 Å². The van der Waals surface area contributed by atoms with Gasteiger partial charge in [0.1, 0.15) is 29.1 Å². The van der Waals surface area contributed by atoms with Crippen molar-refractivity contribution < 1.29 is 28.9 Å². The zero-order valence-electron chi connectivity index (χ0n) is 24.5. The molecule has 1 aromatic heterocycles. The number of Topliss-reactive ketones (excluding diaryl/α,β-unsaturated/α-hetero) is 1. The van der Waals surface area contributed by atoms with Crippen LogP contribution in [0.1, 0.15) is 62.8 Å². The number of aliphatic hydroxyl groups excluding tert-OH is 1. The first-order valence-corrected chi connectivity index (χ1v) is 15.6. The summed E-state index contributed by atoms with van der Waals surface area (Å²) in [6.45, 7) is 7.12. The SMILES string of the molecule is CCCCCOc1cccc([C@@H]2C(=C(O)c3ccc4c(c3)C[C@H](C)O4)C(=O)C(=O)N2c2nc3ccc(OCC)cc3s2)c1. The third kappa shape index (κ3) is 5.57. The number of aromatic nitrogens is 1. The van der Waals surface area contributed by atoms with Gasteiger partial charge in [0.05, 0.1) is 35.0 Å². The number of hydrogen-bond donors (Lipinski definition) is 1. The fraction of sp³-hybridized carbons (Fsp3) is 0.324. The molecular formula is C34H34N2O6S. The quantitative estimate of drug-likeness (QED) is 0.0891. The number of nitrogens with zero attached hydrogens (tertiary/aromatic N) is 2. The zero-order chi connectivity index (χ0) is 30.1. The van der Waals surface area contributed by atoms with Crippen molar-refractivity contribution in [3.63, 3.8) is 0 Å². The number of benzene rings is 3. The molecule has 6 rings (SSSR count). The Bertz CT molecular complexity index is 1730. The Balaban J connectivity index is 1.46. The molecule has 4 aromatic rings. The lowest BCUT2D eigenvalue weighted by atomic mass is 9.94. The maximum Gasteiger partial charge on any atom is 0.301 e. The van der Waals surface area contributed by atoms with E-state index in [1.807, 2.05) is 62.4 Å². The molecule has 0 spiro atoms. The molecule has 1 amide bonds. The van der Waals surface area contributed by atoms with Gasteiger partial charge in [-0.3, -0.25) is 14.5 Å². The van der Waals surface area contributed by atoms with Gasteiger partial charge in [0.15, 0.2) is 5.13 Å². The highest BCUT2D eigenvalue weighted by Crippen LogP contribution is 2.45. The minimum atomic E-state index is -0.908. The molecule has 0 radical (unpaired) electrons. The van der Waals surface area contributed by atoms with Gasteiger partial charge in [-0.2, -0.15) is 0 Å². The molecule has 1 fully saturated rings. The maximum atomic E-state index is 13.8. The van der Waals surface area contributed by atoms with Crippen LogP contribution in [0.2, 0.25) is 0 Å². The van der Waals surface area contributed by atoms with Crippen LogP contribution in [0.25, 0.3) is 16.0 Å². The molecular weight excluding hydrogens is 564 g/mol. The van der Waals surface area contributed by atoms with Gasteiger partial charge in [-0.15, -0.1) is 0 Å². The third-order valence-corrected chi connectivity index (χ3v) is 8.69. The Morgan fingerprint density at radius 2 is 1.88 bits per heavy atom. The van der Waals surface area contributed by atoms with Gasteiger partial charge in [0.25, 0.3) is 5.78 Å². The molecule has 0 unspecified atom stereocenters. The molecule has 43 heavy (non-hydrogen) atoms. The molecule has 3 heterocycles. The number of fused-ring (bicyclic) bond motifs is 2. The van der Waals surface area contributed by atoms with E-state index < -0.39 is 17.7 Å². The molecule has 222 valence electrons. The number of rotatable bonds is 10. The van der Waals surface area contributed by atoms with Crippen molar-refractivity contribution in [3.05, 3.63) is 82.9 Å². The summed E-state index contributed by atoms with van der Waals surface area (Å²) < 4.78 is 18.3. The van der Waals surface area contributed by atoms with Crippen molar-refractivity contribution in [1.29, 1.82) is 0 Å². The molecule has 2 aliphatic heterocycles. The topological polar surface area (TPSA) is 98.2 Å². The summed E-state index contributed by atoms with van der Waals surface area (Å²) >= 11 is 1.30. The smallest absolute Gasteiger partial charge is 0.301 e. The van der Waals surface area contributed by atoms with Crippen LogP contribution in [0.15, 0.2) is 66.2 Å². The third-order valence-electron chi connectivity index (χ3n) is 7.67. The van der Waals surface area contributed by atoms with E-state index in [1.165, 1.54) is 16.2 Å². The Labute approximate surface area is 254 Å². The van der Waals surface area contributed by atoms with Crippen LogP contribution in [0.3, 0.4) is 0 Å². The minimum Gasteiger partial charge on any atom is -0.507 e. The number of ether oxygens (including phenoxy) is 3. The van der Waals surface area contributed by atoms with Crippen molar-refractivity contribution in [1.82, 2.24) is 4.98 Å². The molecule has 1 saturated heterocycles. The molecule has 1 N–H and O–H groups in total. The number of carbonyl (C=O) groups is 2. The Kier molecular flexibility index (Phi) is 8.08. The van der Waals surface area contributed by atoms with Crippen molar-refractivity contribution in [2.24, 2.45) is 0 Å². The lowest BCUT2D eigenvalue weighted by Crippen LogP contribution is -2.29. The minimum absolute atomic E-state index is 0.00862. The van der Waals surface area contributed by atoms with Crippen LogP contribution in [-0.2, 0) is 16.0 Å². The van der Waals surface area contributed by atoms with Crippen LogP contribution in [-0.4, -0.2) is 41.1 Å². The fourth-order valence-corrected chi connectivity index (χ4v) is 6.66. The van der Waals surface area contributed by atoms with Crippen molar-refractivity contribution in [2.75, 3.05) is 18.1 Å². The number of amides is 1. The summed E-state index contributed by atoms with van der Waals surface area (Å²) in [6, 6.07) is 17.4. The number of aliphatic hydroxyl groups is 1. The van der Waals surface area contributed by atoms with Gasteiger partial charge in [-0.25, -0.2) is 4.98 Å². The molecule has 9 heteroatoms. The van der Waals surface area contributed by atoms with E-state index in [2.05, 4.69) is 6.92 Å². The van der Waals surface area contributed by atoms with E-state index in [1.54, 1.807) is 12.1 Å². The van der Waals surface area contributed by atoms with Crippen molar-refractivity contribution in [3.8, 4) is 17.2 Å². The highest BCUT2D eigenvalue weighted by molar-refractivity contribution is 7.22. The summed E-state index contributed by atoms with van der Waals surface area (Å²) in [4.78, 5) is 33.6. The van der Waals surface area contributed by atoms with Crippen molar-refractivity contribution >= 4 is 44.1 Å². The lowest BCUT2D eigenvalue weighted by molar-refractivity contribution is -0.132. The average molecular weight is 599 g/mol. The maximum absolute atomic E-state index is 13.8. The molecule has 0 saturated carbocycles. The number of ketones is 1. The highest BCUT2D eigenvalue weighted by atomic mass is 32.1. The molecule has 3 aromatic carbocycles. The van der Waals surface area contributed by atoms with E-state index in [0.29, 0.717) is 52.9 Å². The number of unbranched alkanes of at least 4 members (excludes halogenated alkanes) is 2. The Morgan fingerprint density at radius 1 is 1.05 bits per heavy atom. The first kappa shape index (κ1) is 28.7. The second-order valence-electron chi connectivity index (χ2n) is 10.8. The van der Waals surface area contributed by atoms with E-state index in [-0.39, 0.29) is 17.4 Å². The molecule has 8 nitrogen and oxygen atoms in total. The van der Waals surface area contributed by atoms with Crippen LogP contribution >= 0.6 is 11.3 Å². The van der Waals surface area contributed by atoms with Crippen LogP contribution < -0.4 is 19.1 Å². The average Bonchev–Trinajstić information content (AvgIpc) is 3.67. The summed E-state index contributed by atoms with van der Waals surface area (Å²) in [5.74, 6) is 0.344. The van der Waals surface area contributed by atoms with Gasteiger partial charge >= 0.3 is 5.91 Å². The fourth-order valence-electron chi connectivity index (χ4n) is 5.64. The van der Waals surface area contributed by atoms with E-state index in [4.69, 9.17) is 19.2 Å². The largest absolute Gasteiger partial charge is 0.507 e. The van der Waals surface area contributed by atoms with Gasteiger partial charge in [-0.05, 0) is 79.9 Å². The summed E-state index contributed by atoms with van der Waals surface area (Å²) in [7, 11) is 0.